The monoisotopic (exact) mass is 462 g/mol. The first-order valence-electron chi connectivity index (χ1n) is 10.2. The van der Waals surface area contributed by atoms with Crippen LogP contribution in [0.4, 0.5) is 10.8 Å². The quantitative estimate of drug-likeness (QED) is 0.468. The zero-order valence-electron chi connectivity index (χ0n) is 16.6. The zero-order chi connectivity index (χ0) is 20.9. The summed E-state index contributed by atoms with van der Waals surface area (Å²) >= 11 is 13.4. The van der Waals surface area contributed by atoms with Gasteiger partial charge in [0.05, 0.1) is 10.2 Å². The number of anilines is 2. The molecule has 5 nitrogen and oxygen atoms in total. The Morgan fingerprint density at radius 3 is 2.50 bits per heavy atom. The first-order chi connectivity index (χ1) is 14.6. The van der Waals surface area contributed by atoms with Crippen molar-refractivity contribution in [2.45, 2.75) is 19.3 Å². The summed E-state index contributed by atoms with van der Waals surface area (Å²) in [5.74, 6) is 0.0210. The summed E-state index contributed by atoms with van der Waals surface area (Å²) < 4.78 is 0.982. The van der Waals surface area contributed by atoms with Crippen LogP contribution in [0.2, 0.25) is 10.0 Å². The van der Waals surface area contributed by atoms with Crippen molar-refractivity contribution < 1.29 is 4.79 Å². The van der Waals surface area contributed by atoms with Crippen LogP contribution in [-0.2, 0) is 4.79 Å². The number of nitrogens with one attached hydrogen (secondary N) is 1. The molecule has 1 amide bonds. The summed E-state index contributed by atoms with van der Waals surface area (Å²) in [6.45, 7) is 5.15. The highest BCUT2D eigenvalue weighted by atomic mass is 35.5. The molecule has 158 valence electrons. The molecule has 4 rings (SSSR count). The van der Waals surface area contributed by atoms with Crippen LogP contribution in [0.15, 0.2) is 42.5 Å². The van der Waals surface area contributed by atoms with E-state index in [4.69, 9.17) is 23.2 Å². The van der Waals surface area contributed by atoms with Gasteiger partial charge < -0.3 is 10.2 Å². The zero-order valence-corrected chi connectivity index (χ0v) is 18.9. The molecular weight excluding hydrogens is 439 g/mol. The third kappa shape index (κ3) is 5.64. The number of unbranched alkanes of at least 4 members (excludes halogenated alkanes) is 1. The predicted molar refractivity (Wildman–Crippen MR) is 127 cm³/mol. The van der Waals surface area contributed by atoms with E-state index in [1.807, 2.05) is 30.3 Å². The number of aromatic nitrogens is 1. The third-order valence-corrected chi connectivity index (χ3v) is 6.71. The molecule has 1 N–H and O–H groups in total. The summed E-state index contributed by atoms with van der Waals surface area (Å²) in [4.78, 5) is 21.5. The summed E-state index contributed by atoms with van der Waals surface area (Å²) in [6.07, 6.45) is 2.41. The maximum absolute atomic E-state index is 12.2. The molecule has 2 aromatic carbocycles. The van der Waals surface area contributed by atoms with Gasteiger partial charge in [0.2, 0.25) is 5.91 Å². The van der Waals surface area contributed by atoms with Crippen molar-refractivity contribution in [2.24, 2.45) is 0 Å². The number of halogens is 2. The molecule has 0 spiro atoms. The lowest BCUT2D eigenvalue weighted by molar-refractivity contribution is -0.116. The molecule has 8 heteroatoms. The van der Waals surface area contributed by atoms with Gasteiger partial charge in [-0.1, -0.05) is 34.5 Å². The number of hydrogen-bond donors (Lipinski definition) is 1. The average molecular weight is 463 g/mol. The predicted octanol–water partition coefficient (Wildman–Crippen LogP) is 5.53. The van der Waals surface area contributed by atoms with E-state index in [0.717, 1.165) is 60.8 Å². The lowest BCUT2D eigenvalue weighted by Crippen LogP contribution is -2.46. The van der Waals surface area contributed by atoms with E-state index in [0.29, 0.717) is 16.6 Å². The lowest BCUT2D eigenvalue weighted by atomic mass is 10.2. The highest BCUT2D eigenvalue weighted by molar-refractivity contribution is 7.22. The van der Waals surface area contributed by atoms with E-state index >= 15 is 0 Å². The molecule has 0 bridgehead atoms. The number of amides is 1. The van der Waals surface area contributed by atoms with Crippen LogP contribution >= 0.6 is 34.5 Å². The van der Waals surface area contributed by atoms with Crippen molar-refractivity contribution in [2.75, 3.05) is 42.9 Å². The number of carbonyl (C=O) groups is 1. The minimum absolute atomic E-state index is 0.0210. The van der Waals surface area contributed by atoms with Gasteiger partial charge in [0, 0.05) is 48.3 Å². The van der Waals surface area contributed by atoms with Gasteiger partial charge in [-0.05, 0) is 61.9 Å². The van der Waals surface area contributed by atoms with E-state index in [-0.39, 0.29) is 5.91 Å². The fourth-order valence-electron chi connectivity index (χ4n) is 3.64. The SMILES string of the molecule is O=C(CCCCN1CCN(c2ccc(Cl)cc2)CC1)Nc1nc2ccc(Cl)cc2s1. The molecule has 1 fully saturated rings. The fraction of sp³-hybridized carbons (Fsp3) is 0.364. The summed E-state index contributed by atoms with van der Waals surface area (Å²) in [5, 5.41) is 5.00. The number of nitrogens with zero attached hydrogens (tertiary/aromatic N) is 3. The smallest absolute Gasteiger partial charge is 0.226 e. The van der Waals surface area contributed by atoms with Crippen molar-refractivity contribution in [3.63, 3.8) is 0 Å². The molecule has 1 aliphatic heterocycles. The van der Waals surface area contributed by atoms with Crippen molar-refractivity contribution in [1.82, 2.24) is 9.88 Å². The highest BCUT2D eigenvalue weighted by Crippen LogP contribution is 2.28. The van der Waals surface area contributed by atoms with E-state index in [1.54, 1.807) is 0 Å². The molecule has 1 saturated heterocycles. The van der Waals surface area contributed by atoms with Gasteiger partial charge >= 0.3 is 0 Å². The number of piperazine rings is 1. The van der Waals surface area contributed by atoms with Gasteiger partial charge in [-0.3, -0.25) is 9.69 Å². The van der Waals surface area contributed by atoms with E-state index in [2.05, 4.69) is 32.2 Å². The number of thiazole rings is 1. The Bertz CT molecular complexity index is 1000. The number of carbonyl (C=O) groups excluding carboxylic acids is 1. The van der Waals surface area contributed by atoms with Crippen LogP contribution in [-0.4, -0.2) is 48.5 Å². The van der Waals surface area contributed by atoms with Crippen molar-refractivity contribution >= 4 is 61.5 Å². The Labute approximate surface area is 190 Å². The summed E-state index contributed by atoms with van der Waals surface area (Å²) in [7, 11) is 0. The van der Waals surface area contributed by atoms with Crippen molar-refractivity contribution in [1.29, 1.82) is 0 Å². The van der Waals surface area contributed by atoms with Crippen LogP contribution < -0.4 is 10.2 Å². The minimum Gasteiger partial charge on any atom is -0.369 e. The average Bonchev–Trinajstić information content (AvgIpc) is 3.13. The Morgan fingerprint density at radius 2 is 1.73 bits per heavy atom. The van der Waals surface area contributed by atoms with Crippen LogP contribution in [0.3, 0.4) is 0 Å². The second kappa shape index (κ2) is 9.96. The maximum Gasteiger partial charge on any atom is 0.226 e. The van der Waals surface area contributed by atoms with Crippen molar-refractivity contribution in [3.8, 4) is 0 Å². The van der Waals surface area contributed by atoms with E-state index in [1.165, 1.54) is 17.0 Å². The Morgan fingerprint density at radius 1 is 1.00 bits per heavy atom. The molecular formula is C22H24Cl2N4OS. The van der Waals surface area contributed by atoms with E-state index in [9.17, 15) is 4.79 Å². The number of fused-ring (bicyclic) bond motifs is 1. The number of benzene rings is 2. The van der Waals surface area contributed by atoms with E-state index < -0.39 is 0 Å². The molecule has 0 radical (unpaired) electrons. The van der Waals surface area contributed by atoms with Gasteiger partial charge in [0.1, 0.15) is 0 Å². The first kappa shape index (κ1) is 21.4. The standard InChI is InChI=1S/C22H24Cl2N4OS/c23-16-4-7-18(8-5-16)28-13-11-27(12-14-28)10-2-1-3-21(29)26-22-25-19-9-6-17(24)15-20(19)30-22/h4-9,15H,1-3,10-14H2,(H,25,26,29). The Hall–Kier alpha value is -1.86. The molecule has 0 atom stereocenters. The van der Waals surface area contributed by atoms with Gasteiger partial charge in [0.25, 0.3) is 0 Å². The minimum atomic E-state index is 0.0210. The molecule has 0 aliphatic carbocycles. The highest BCUT2D eigenvalue weighted by Gasteiger charge is 2.17. The van der Waals surface area contributed by atoms with Crippen LogP contribution in [0.5, 0.6) is 0 Å². The van der Waals surface area contributed by atoms with Crippen molar-refractivity contribution in [3.05, 3.63) is 52.5 Å². The normalized spacial score (nSPS) is 14.9. The second-order valence-corrected chi connectivity index (χ2v) is 9.34. The molecule has 0 unspecified atom stereocenters. The fourth-order valence-corrected chi connectivity index (χ4v) is 4.92. The van der Waals surface area contributed by atoms with Crippen LogP contribution in [0, 0.1) is 0 Å². The van der Waals surface area contributed by atoms with Gasteiger partial charge in [-0.25, -0.2) is 4.98 Å². The second-order valence-electron chi connectivity index (χ2n) is 7.44. The molecule has 30 heavy (non-hydrogen) atoms. The maximum atomic E-state index is 12.2. The molecule has 2 heterocycles. The third-order valence-electron chi connectivity index (χ3n) is 5.29. The molecule has 3 aromatic rings. The van der Waals surface area contributed by atoms with Gasteiger partial charge in [-0.2, -0.15) is 0 Å². The summed E-state index contributed by atoms with van der Waals surface area (Å²) in [6, 6.07) is 13.6. The van der Waals surface area contributed by atoms with Crippen LogP contribution in [0.25, 0.3) is 10.2 Å². The largest absolute Gasteiger partial charge is 0.369 e. The number of hydrogen-bond acceptors (Lipinski definition) is 5. The first-order valence-corrected chi connectivity index (χ1v) is 11.7. The van der Waals surface area contributed by atoms with Gasteiger partial charge in [-0.15, -0.1) is 0 Å². The Balaban J connectivity index is 1.14. The Kier molecular flexibility index (Phi) is 7.10. The topological polar surface area (TPSA) is 48.5 Å². The molecule has 1 aliphatic rings. The van der Waals surface area contributed by atoms with Crippen LogP contribution in [0.1, 0.15) is 19.3 Å². The van der Waals surface area contributed by atoms with Gasteiger partial charge in [0.15, 0.2) is 5.13 Å². The molecule has 0 saturated carbocycles. The lowest BCUT2D eigenvalue weighted by Gasteiger charge is -2.36. The number of rotatable bonds is 7. The molecule has 1 aromatic heterocycles. The summed E-state index contributed by atoms with van der Waals surface area (Å²) in [5.41, 5.74) is 2.09.